The zero-order chi connectivity index (χ0) is 22.3. The third kappa shape index (κ3) is 6.67. The molecule has 30 heavy (non-hydrogen) atoms. The van der Waals surface area contributed by atoms with Crippen LogP contribution >= 0.6 is 11.3 Å². The van der Waals surface area contributed by atoms with E-state index in [0.717, 1.165) is 17.6 Å². The van der Waals surface area contributed by atoms with Crippen LogP contribution in [-0.2, 0) is 19.4 Å². The molecular formula is C20H24N2O6S2. The summed E-state index contributed by atoms with van der Waals surface area (Å²) in [5.74, 6) is -1.61. The van der Waals surface area contributed by atoms with E-state index in [1.165, 1.54) is 0 Å². The number of anilines is 2. The Balaban J connectivity index is 2.25. The molecule has 0 bridgehead atoms. The minimum atomic E-state index is -3.17. The van der Waals surface area contributed by atoms with E-state index in [-0.39, 0.29) is 40.6 Å². The van der Waals surface area contributed by atoms with Crippen LogP contribution in [0.4, 0.5) is 10.7 Å². The van der Waals surface area contributed by atoms with Crippen LogP contribution in [0.1, 0.15) is 45.4 Å². The Morgan fingerprint density at radius 3 is 2.37 bits per heavy atom. The van der Waals surface area contributed by atoms with Crippen LogP contribution in [0.15, 0.2) is 30.3 Å². The summed E-state index contributed by atoms with van der Waals surface area (Å²) in [7, 11) is -3.17. The minimum absolute atomic E-state index is 0.0299. The van der Waals surface area contributed by atoms with Crippen LogP contribution in [0.5, 0.6) is 0 Å². The van der Waals surface area contributed by atoms with Crippen LogP contribution < -0.4 is 10.6 Å². The molecule has 8 nitrogen and oxygen atoms in total. The Morgan fingerprint density at radius 2 is 1.77 bits per heavy atom. The van der Waals surface area contributed by atoms with E-state index in [4.69, 9.17) is 4.74 Å². The van der Waals surface area contributed by atoms with Crippen LogP contribution in [0.25, 0.3) is 0 Å². The number of thiophene rings is 1. The van der Waals surface area contributed by atoms with Gasteiger partial charge in [-0.15, -0.1) is 11.3 Å². The minimum Gasteiger partial charge on any atom is -0.462 e. The third-order valence-corrected chi connectivity index (χ3v) is 6.27. The third-order valence-electron chi connectivity index (χ3n) is 4.04. The summed E-state index contributed by atoms with van der Waals surface area (Å²) in [5.41, 5.74) is 1.12. The molecule has 1 aromatic heterocycles. The van der Waals surface area contributed by atoms with Crippen molar-refractivity contribution >= 4 is 49.6 Å². The van der Waals surface area contributed by atoms with Crippen molar-refractivity contribution in [1.29, 1.82) is 0 Å². The molecule has 2 N–H and O–H groups in total. The molecule has 0 saturated carbocycles. The average Bonchev–Trinajstić information content (AvgIpc) is 2.97. The quantitative estimate of drug-likeness (QED) is 0.564. The number of carbonyl (C=O) groups is 3. The number of amides is 2. The van der Waals surface area contributed by atoms with Gasteiger partial charge in [-0.25, -0.2) is 13.2 Å². The molecule has 2 amide bonds. The number of nitrogens with one attached hydrogen (secondary N) is 2. The number of hydrogen-bond donors (Lipinski definition) is 2. The van der Waals surface area contributed by atoms with E-state index in [2.05, 4.69) is 10.6 Å². The lowest BCUT2D eigenvalue weighted by molar-refractivity contribution is -0.116. The first-order valence-corrected chi connectivity index (χ1v) is 12.1. The second-order valence-electron chi connectivity index (χ2n) is 6.58. The van der Waals surface area contributed by atoms with Gasteiger partial charge in [-0.1, -0.05) is 18.2 Å². The van der Waals surface area contributed by atoms with Gasteiger partial charge >= 0.3 is 5.97 Å². The molecule has 0 aliphatic rings. The summed E-state index contributed by atoms with van der Waals surface area (Å²) in [6.07, 6.45) is 1.23. The van der Waals surface area contributed by atoms with E-state index in [0.29, 0.717) is 11.3 Å². The SMILES string of the molecule is CCOC(=O)c1c(NC(=O)CCCS(C)(=O)=O)sc(C(=O)Nc2ccccc2)c1C. The van der Waals surface area contributed by atoms with Gasteiger partial charge in [0.1, 0.15) is 14.8 Å². The number of sulfone groups is 1. The van der Waals surface area contributed by atoms with Crippen molar-refractivity contribution in [3.05, 3.63) is 46.3 Å². The Labute approximate surface area is 179 Å². The molecule has 1 heterocycles. The maximum atomic E-state index is 12.7. The highest BCUT2D eigenvalue weighted by molar-refractivity contribution is 7.90. The van der Waals surface area contributed by atoms with E-state index < -0.39 is 27.6 Å². The highest BCUT2D eigenvalue weighted by Crippen LogP contribution is 2.34. The first-order chi connectivity index (χ1) is 14.1. The zero-order valence-electron chi connectivity index (χ0n) is 17.0. The molecule has 0 saturated heterocycles. The molecular weight excluding hydrogens is 428 g/mol. The van der Waals surface area contributed by atoms with Crippen molar-refractivity contribution in [2.24, 2.45) is 0 Å². The number of hydrogen-bond acceptors (Lipinski definition) is 7. The summed E-state index contributed by atoms with van der Waals surface area (Å²) < 4.78 is 27.5. The predicted octanol–water partition coefficient (Wildman–Crippen LogP) is 3.25. The second kappa shape index (κ2) is 10.4. The van der Waals surface area contributed by atoms with E-state index in [1.54, 1.807) is 38.1 Å². The van der Waals surface area contributed by atoms with E-state index >= 15 is 0 Å². The topological polar surface area (TPSA) is 119 Å². The van der Waals surface area contributed by atoms with Crippen LogP contribution in [0.2, 0.25) is 0 Å². The molecule has 1 aromatic carbocycles. The van der Waals surface area contributed by atoms with Gasteiger partial charge in [0.15, 0.2) is 0 Å². The van der Waals surface area contributed by atoms with Crippen LogP contribution in [0, 0.1) is 6.92 Å². The molecule has 0 aliphatic heterocycles. The number of para-hydroxylation sites is 1. The van der Waals surface area contributed by atoms with Crippen molar-refractivity contribution in [3.8, 4) is 0 Å². The largest absolute Gasteiger partial charge is 0.462 e. The molecule has 0 atom stereocenters. The first-order valence-electron chi connectivity index (χ1n) is 9.27. The highest BCUT2D eigenvalue weighted by Gasteiger charge is 2.26. The van der Waals surface area contributed by atoms with Gasteiger partial charge < -0.3 is 15.4 Å². The molecule has 0 unspecified atom stereocenters. The normalized spacial score (nSPS) is 11.0. The molecule has 0 spiro atoms. The van der Waals surface area contributed by atoms with E-state index in [9.17, 15) is 22.8 Å². The maximum absolute atomic E-state index is 12.7. The molecule has 0 aliphatic carbocycles. The van der Waals surface area contributed by atoms with Gasteiger partial charge in [0.25, 0.3) is 5.91 Å². The van der Waals surface area contributed by atoms with Gasteiger partial charge in [0, 0.05) is 18.4 Å². The van der Waals surface area contributed by atoms with Crippen molar-refractivity contribution in [3.63, 3.8) is 0 Å². The number of carbonyl (C=O) groups excluding carboxylic acids is 3. The molecule has 2 aromatic rings. The average molecular weight is 453 g/mol. The molecule has 2 rings (SSSR count). The van der Waals surface area contributed by atoms with Gasteiger partial charge in [-0.2, -0.15) is 0 Å². The van der Waals surface area contributed by atoms with Gasteiger partial charge in [-0.3, -0.25) is 9.59 Å². The summed E-state index contributed by atoms with van der Waals surface area (Å²) in [5, 5.41) is 5.58. The summed E-state index contributed by atoms with van der Waals surface area (Å²) >= 11 is 0.972. The zero-order valence-corrected chi connectivity index (χ0v) is 18.6. The highest BCUT2D eigenvalue weighted by atomic mass is 32.2. The molecule has 0 radical (unpaired) electrons. The summed E-state index contributed by atoms with van der Waals surface area (Å²) in [4.78, 5) is 37.7. The number of esters is 1. The molecule has 10 heteroatoms. The maximum Gasteiger partial charge on any atom is 0.341 e. The van der Waals surface area contributed by atoms with Crippen LogP contribution in [-0.4, -0.2) is 44.8 Å². The van der Waals surface area contributed by atoms with Crippen LogP contribution in [0.3, 0.4) is 0 Å². The first kappa shape index (κ1) is 23.6. The second-order valence-corrected chi connectivity index (χ2v) is 9.86. The Hall–Kier alpha value is -2.72. The molecule has 162 valence electrons. The Morgan fingerprint density at radius 1 is 1.10 bits per heavy atom. The van der Waals surface area contributed by atoms with Crippen molar-refractivity contribution in [2.75, 3.05) is 29.2 Å². The lowest BCUT2D eigenvalue weighted by Gasteiger charge is -2.07. The van der Waals surface area contributed by atoms with Crippen molar-refractivity contribution in [2.45, 2.75) is 26.7 Å². The van der Waals surface area contributed by atoms with Gasteiger partial charge in [0.2, 0.25) is 5.91 Å². The Kier molecular flexibility index (Phi) is 8.13. The summed E-state index contributed by atoms with van der Waals surface area (Å²) in [6.45, 7) is 3.41. The fourth-order valence-electron chi connectivity index (χ4n) is 2.66. The fraction of sp³-hybridized carbons (Fsp3) is 0.350. The fourth-order valence-corrected chi connectivity index (χ4v) is 4.44. The lowest BCUT2D eigenvalue weighted by atomic mass is 10.1. The van der Waals surface area contributed by atoms with Gasteiger partial charge in [0.05, 0.1) is 22.8 Å². The smallest absolute Gasteiger partial charge is 0.341 e. The number of rotatable bonds is 9. The number of benzene rings is 1. The number of ether oxygens (including phenoxy) is 1. The monoisotopic (exact) mass is 452 g/mol. The summed E-state index contributed by atoms with van der Waals surface area (Å²) in [6, 6.07) is 8.85. The molecule has 0 fully saturated rings. The van der Waals surface area contributed by atoms with Gasteiger partial charge in [-0.05, 0) is 38.0 Å². The van der Waals surface area contributed by atoms with Crippen molar-refractivity contribution < 1.29 is 27.5 Å². The lowest BCUT2D eigenvalue weighted by Crippen LogP contribution is -2.16. The standard InChI is InChI=1S/C20H24N2O6S2/c1-4-28-20(25)16-13(2)17(18(24)21-14-9-6-5-7-10-14)29-19(16)22-15(23)11-8-12-30(3,26)27/h5-7,9-10H,4,8,11-12H2,1-3H3,(H,21,24)(H,22,23). The van der Waals surface area contributed by atoms with Crippen molar-refractivity contribution in [1.82, 2.24) is 0 Å². The Bertz CT molecular complexity index is 1030. The van der Waals surface area contributed by atoms with E-state index in [1.807, 2.05) is 6.07 Å². The predicted molar refractivity (Wildman–Crippen MR) is 117 cm³/mol.